The van der Waals surface area contributed by atoms with Crippen molar-refractivity contribution >= 4 is 5.95 Å². The van der Waals surface area contributed by atoms with E-state index in [0.29, 0.717) is 12.1 Å². The maximum absolute atomic E-state index is 4.59. The van der Waals surface area contributed by atoms with Crippen LogP contribution in [0.5, 0.6) is 0 Å². The zero-order valence-electron chi connectivity index (χ0n) is 9.25. The molecule has 1 N–H and O–H groups in total. The third-order valence-electron chi connectivity index (χ3n) is 2.83. The standard InChI is InChI=1S/C11H19N3/c1-4-5-10-7-14-9(3)6-8(2)12-11(14)13-10/h7-9H,4-6H2,1-3H3,(H,12,13). The fourth-order valence-electron chi connectivity index (χ4n) is 2.17. The Morgan fingerprint density at radius 1 is 1.57 bits per heavy atom. The highest BCUT2D eigenvalue weighted by molar-refractivity contribution is 5.33. The van der Waals surface area contributed by atoms with E-state index in [2.05, 4.69) is 41.8 Å². The number of anilines is 1. The van der Waals surface area contributed by atoms with E-state index in [9.17, 15) is 0 Å². The van der Waals surface area contributed by atoms with Crippen LogP contribution in [0.3, 0.4) is 0 Å². The quantitative estimate of drug-likeness (QED) is 0.782. The molecule has 0 aromatic carbocycles. The van der Waals surface area contributed by atoms with E-state index >= 15 is 0 Å². The third-order valence-corrected chi connectivity index (χ3v) is 2.83. The van der Waals surface area contributed by atoms with E-state index in [0.717, 1.165) is 12.4 Å². The summed E-state index contributed by atoms with van der Waals surface area (Å²) in [6.07, 6.45) is 5.64. The topological polar surface area (TPSA) is 29.9 Å². The minimum absolute atomic E-state index is 0.550. The van der Waals surface area contributed by atoms with Gasteiger partial charge in [-0.25, -0.2) is 4.98 Å². The Morgan fingerprint density at radius 2 is 2.36 bits per heavy atom. The van der Waals surface area contributed by atoms with E-state index in [1.807, 2.05) is 0 Å². The van der Waals surface area contributed by atoms with Crippen LogP contribution in [0.4, 0.5) is 5.95 Å². The molecule has 1 aromatic rings. The summed E-state index contributed by atoms with van der Waals surface area (Å²) in [5.74, 6) is 1.06. The smallest absolute Gasteiger partial charge is 0.203 e. The summed E-state index contributed by atoms with van der Waals surface area (Å²) >= 11 is 0. The monoisotopic (exact) mass is 193 g/mol. The fraction of sp³-hybridized carbons (Fsp3) is 0.727. The average molecular weight is 193 g/mol. The van der Waals surface area contributed by atoms with Crippen molar-refractivity contribution in [1.82, 2.24) is 9.55 Å². The lowest BCUT2D eigenvalue weighted by atomic mass is 10.1. The third kappa shape index (κ3) is 1.63. The number of nitrogens with one attached hydrogen (secondary N) is 1. The molecule has 1 aliphatic rings. The molecule has 2 atom stereocenters. The maximum Gasteiger partial charge on any atom is 0.203 e. The van der Waals surface area contributed by atoms with Gasteiger partial charge in [-0.2, -0.15) is 0 Å². The van der Waals surface area contributed by atoms with Gasteiger partial charge < -0.3 is 9.88 Å². The number of imidazole rings is 1. The molecular formula is C11H19N3. The summed E-state index contributed by atoms with van der Waals surface area (Å²) in [6, 6.07) is 1.13. The van der Waals surface area contributed by atoms with Gasteiger partial charge in [0.05, 0.1) is 5.69 Å². The Hall–Kier alpha value is -0.990. The van der Waals surface area contributed by atoms with Gasteiger partial charge in [0.1, 0.15) is 0 Å². The van der Waals surface area contributed by atoms with Crippen molar-refractivity contribution in [2.75, 3.05) is 5.32 Å². The van der Waals surface area contributed by atoms with Crippen molar-refractivity contribution in [1.29, 1.82) is 0 Å². The van der Waals surface area contributed by atoms with Crippen molar-refractivity contribution in [3.8, 4) is 0 Å². The molecular weight excluding hydrogens is 174 g/mol. The molecule has 1 aromatic heterocycles. The lowest BCUT2D eigenvalue weighted by Crippen LogP contribution is -2.28. The van der Waals surface area contributed by atoms with Crippen LogP contribution >= 0.6 is 0 Å². The molecule has 14 heavy (non-hydrogen) atoms. The van der Waals surface area contributed by atoms with Crippen molar-refractivity contribution < 1.29 is 0 Å². The normalized spacial score (nSPS) is 25.6. The molecule has 2 heterocycles. The molecule has 0 aliphatic carbocycles. The number of rotatable bonds is 2. The van der Waals surface area contributed by atoms with Crippen LogP contribution in [0.1, 0.15) is 45.3 Å². The molecule has 0 saturated heterocycles. The van der Waals surface area contributed by atoms with Crippen LogP contribution in [0.15, 0.2) is 6.20 Å². The number of hydrogen-bond acceptors (Lipinski definition) is 2. The lowest BCUT2D eigenvalue weighted by Gasteiger charge is -2.27. The van der Waals surface area contributed by atoms with Crippen LogP contribution in [0.25, 0.3) is 0 Å². The van der Waals surface area contributed by atoms with Gasteiger partial charge in [-0.3, -0.25) is 0 Å². The van der Waals surface area contributed by atoms with Crippen LogP contribution < -0.4 is 5.32 Å². The highest BCUT2D eigenvalue weighted by atomic mass is 15.2. The molecule has 3 heteroatoms. The zero-order chi connectivity index (χ0) is 10.1. The van der Waals surface area contributed by atoms with Gasteiger partial charge in [-0.15, -0.1) is 0 Å². The molecule has 2 rings (SSSR count). The Morgan fingerprint density at radius 3 is 3.07 bits per heavy atom. The second-order valence-corrected chi connectivity index (χ2v) is 4.34. The molecule has 0 spiro atoms. The van der Waals surface area contributed by atoms with E-state index in [1.165, 1.54) is 18.5 Å². The average Bonchev–Trinajstić information content (AvgIpc) is 2.48. The second-order valence-electron chi connectivity index (χ2n) is 4.34. The van der Waals surface area contributed by atoms with Gasteiger partial charge in [0.25, 0.3) is 0 Å². The summed E-state index contributed by atoms with van der Waals surface area (Å²) in [6.45, 7) is 6.67. The van der Waals surface area contributed by atoms with Crippen LogP contribution in [-0.4, -0.2) is 15.6 Å². The zero-order valence-corrected chi connectivity index (χ0v) is 9.25. The first-order chi connectivity index (χ1) is 6.70. The molecule has 78 valence electrons. The molecule has 0 radical (unpaired) electrons. The molecule has 2 unspecified atom stereocenters. The molecule has 0 saturated carbocycles. The highest BCUT2D eigenvalue weighted by Crippen LogP contribution is 2.26. The second kappa shape index (κ2) is 3.64. The van der Waals surface area contributed by atoms with Gasteiger partial charge in [0, 0.05) is 18.3 Å². The number of hydrogen-bond donors (Lipinski definition) is 1. The minimum atomic E-state index is 0.550. The van der Waals surface area contributed by atoms with Gasteiger partial charge in [0.2, 0.25) is 5.95 Å². The Bertz CT molecular complexity index is 316. The number of aromatic nitrogens is 2. The Labute approximate surface area is 85.5 Å². The predicted molar refractivity (Wildman–Crippen MR) is 58.6 cm³/mol. The number of fused-ring (bicyclic) bond motifs is 1. The Balaban J connectivity index is 2.26. The molecule has 0 bridgehead atoms. The van der Waals surface area contributed by atoms with E-state index in [-0.39, 0.29) is 0 Å². The van der Waals surface area contributed by atoms with Gasteiger partial charge in [0.15, 0.2) is 0 Å². The van der Waals surface area contributed by atoms with Crippen LogP contribution in [0, 0.1) is 0 Å². The first kappa shape index (κ1) is 9.56. The summed E-state index contributed by atoms with van der Waals surface area (Å²) in [4.78, 5) is 4.59. The van der Waals surface area contributed by atoms with E-state index in [4.69, 9.17) is 0 Å². The molecule has 3 nitrogen and oxygen atoms in total. The van der Waals surface area contributed by atoms with E-state index in [1.54, 1.807) is 0 Å². The van der Waals surface area contributed by atoms with Crippen LogP contribution in [0.2, 0.25) is 0 Å². The summed E-state index contributed by atoms with van der Waals surface area (Å²) in [5.41, 5.74) is 1.22. The van der Waals surface area contributed by atoms with Gasteiger partial charge >= 0.3 is 0 Å². The summed E-state index contributed by atoms with van der Waals surface area (Å²) < 4.78 is 2.27. The molecule has 1 aliphatic heterocycles. The number of aryl methyl sites for hydroxylation is 1. The van der Waals surface area contributed by atoms with Crippen molar-refractivity contribution in [3.63, 3.8) is 0 Å². The number of nitrogens with zero attached hydrogens (tertiary/aromatic N) is 2. The first-order valence-corrected chi connectivity index (χ1v) is 5.55. The predicted octanol–water partition coefficient (Wildman–Crippen LogP) is 2.60. The van der Waals surface area contributed by atoms with Crippen molar-refractivity contribution in [3.05, 3.63) is 11.9 Å². The van der Waals surface area contributed by atoms with Crippen molar-refractivity contribution in [2.24, 2.45) is 0 Å². The minimum Gasteiger partial charge on any atom is -0.353 e. The van der Waals surface area contributed by atoms with Gasteiger partial charge in [-0.1, -0.05) is 13.3 Å². The van der Waals surface area contributed by atoms with Crippen molar-refractivity contribution in [2.45, 2.75) is 52.1 Å². The molecule has 0 fully saturated rings. The SMILES string of the molecule is CCCc1cn2c(n1)NC(C)CC2C. The summed E-state index contributed by atoms with van der Waals surface area (Å²) in [5, 5.41) is 3.42. The maximum atomic E-state index is 4.59. The summed E-state index contributed by atoms with van der Waals surface area (Å²) in [7, 11) is 0. The fourth-order valence-corrected chi connectivity index (χ4v) is 2.17. The molecule has 0 amide bonds. The largest absolute Gasteiger partial charge is 0.353 e. The lowest BCUT2D eigenvalue weighted by molar-refractivity contribution is 0.449. The Kier molecular flexibility index (Phi) is 2.48. The first-order valence-electron chi connectivity index (χ1n) is 5.55. The van der Waals surface area contributed by atoms with Gasteiger partial charge in [-0.05, 0) is 26.7 Å². The van der Waals surface area contributed by atoms with E-state index < -0.39 is 0 Å². The highest BCUT2D eigenvalue weighted by Gasteiger charge is 2.21. The van der Waals surface area contributed by atoms with Crippen LogP contribution in [-0.2, 0) is 6.42 Å².